The van der Waals surface area contributed by atoms with E-state index in [1.54, 1.807) is 25.3 Å². The van der Waals surface area contributed by atoms with E-state index in [1.165, 1.54) is 13.2 Å². The number of amides is 1. The van der Waals surface area contributed by atoms with Gasteiger partial charge in [-0.3, -0.25) is 4.79 Å². The second-order valence-corrected chi connectivity index (χ2v) is 4.65. The van der Waals surface area contributed by atoms with Crippen LogP contribution in [0.15, 0.2) is 24.3 Å². The summed E-state index contributed by atoms with van der Waals surface area (Å²) in [7, 11) is 3.06. The van der Waals surface area contributed by atoms with Crippen molar-refractivity contribution in [2.45, 2.75) is 0 Å². The standard InChI is InChI=1S/C13H12Cl2N2O3/c1-19-10-4-3-7(5-11(10)20-2)16-13(18)9-6-8(14)12(15)17-9/h3-6,17H,1-2H3,(H,16,18). The van der Waals surface area contributed by atoms with Gasteiger partial charge in [-0.15, -0.1) is 0 Å². The van der Waals surface area contributed by atoms with Gasteiger partial charge in [0.15, 0.2) is 11.5 Å². The maximum Gasteiger partial charge on any atom is 0.272 e. The number of aromatic nitrogens is 1. The first-order valence-corrected chi connectivity index (χ1v) is 6.38. The zero-order valence-corrected chi connectivity index (χ0v) is 12.3. The second kappa shape index (κ2) is 6.07. The normalized spacial score (nSPS) is 10.2. The Kier molecular flexibility index (Phi) is 4.42. The van der Waals surface area contributed by atoms with E-state index in [0.717, 1.165) is 0 Å². The molecule has 20 heavy (non-hydrogen) atoms. The topological polar surface area (TPSA) is 63.3 Å². The largest absolute Gasteiger partial charge is 0.493 e. The first kappa shape index (κ1) is 14.6. The highest BCUT2D eigenvalue weighted by Crippen LogP contribution is 2.30. The number of halogens is 2. The van der Waals surface area contributed by atoms with Crippen molar-refractivity contribution in [2.24, 2.45) is 0 Å². The molecular formula is C13H12Cl2N2O3. The van der Waals surface area contributed by atoms with E-state index in [2.05, 4.69) is 10.3 Å². The van der Waals surface area contributed by atoms with Gasteiger partial charge in [-0.1, -0.05) is 23.2 Å². The SMILES string of the molecule is COc1ccc(NC(=O)c2cc(Cl)c(Cl)[nH]2)cc1OC. The Bertz CT molecular complexity index is 621. The summed E-state index contributed by atoms with van der Waals surface area (Å²) >= 11 is 11.5. The zero-order chi connectivity index (χ0) is 14.7. The van der Waals surface area contributed by atoms with E-state index in [4.69, 9.17) is 32.7 Å². The number of anilines is 1. The molecule has 0 saturated heterocycles. The van der Waals surface area contributed by atoms with Crippen LogP contribution in [0, 0.1) is 0 Å². The fourth-order valence-corrected chi connectivity index (χ4v) is 1.95. The summed E-state index contributed by atoms with van der Waals surface area (Å²) in [5, 5.41) is 3.22. The van der Waals surface area contributed by atoms with Crippen molar-refractivity contribution in [2.75, 3.05) is 19.5 Å². The van der Waals surface area contributed by atoms with Gasteiger partial charge in [-0.05, 0) is 18.2 Å². The van der Waals surface area contributed by atoms with E-state index in [1.807, 2.05) is 0 Å². The number of benzene rings is 1. The maximum absolute atomic E-state index is 12.0. The highest BCUT2D eigenvalue weighted by molar-refractivity contribution is 6.41. The number of hydrogen-bond acceptors (Lipinski definition) is 3. The average Bonchev–Trinajstić information content (AvgIpc) is 2.78. The monoisotopic (exact) mass is 314 g/mol. The number of carbonyl (C=O) groups excluding carboxylic acids is 1. The Hall–Kier alpha value is -1.85. The fourth-order valence-electron chi connectivity index (χ4n) is 1.64. The summed E-state index contributed by atoms with van der Waals surface area (Å²) in [6, 6.07) is 6.51. The molecule has 1 amide bonds. The minimum atomic E-state index is -0.356. The van der Waals surface area contributed by atoms with Gasteiger partial charge in [0.2, 0.25) is 0 Å². The van der Waals surface area contributed by atoms with Crippen LogP contribution in [0.25, 0.3) is 0 Å². The van der Waals surface area contributed by atoms with Crippen LogP contribution in [0.2, 0.25) is 10.2 Å². The number of hydrogen-bond donors (Lipinski definition) is 2. The van der Waals surface area contributed by atoms with Gasteiger partial charge >= 0.3 is 0 Å². The number of methoxy groups -OCH3 is 2. The average molecular weight is 315 g/mol. The lowest BCUT2D eigenvalue weighted by atomic mass is 10.2. The molecule has 0 unspecified atom stereocenters. The molecule has 0 bridgehead atoms. The molecule has 0 aliphatic rings. The number of nitrogens with one attached hydrogen (secondary N) is 2. The van der Waals surface area contributed by atoms with E-state index in [0.29, 0.717) is 22.2 Å². The molecule has 0 spiro atoms. The number of H-pyrrole nitrogens is 1. The van der Waals surface area contributed by atoms with Crippen molar-refractivity contribution in [3.63, 3.8) is 0 Å². The first-order valence-electron chi connectivity index (χ1n) is 5.62. The molecule has 0 atom stereocenters. The van der Waals surface area contributed by atoms with Crippen LogP contribution in [-0.4, -0.2) is 25.1 Å². The highest BCUT2D eigenvalue weighted by Gasteiger charge is 2.13. The third-order valence-electron chi connectivity index (χ3n) is 2.61. The van der Waals surface area contributed by atoms with Crippen molar-refractivity contribution < 1.29 is 14.3 Å². The summed E-state index contributed by atoms with van der Waals surface area (Å²) in [6.45, 7) is 0. The van der Waals surface area contributed by atoms with Gasteiger partial charge in [-0.25, -0.2) is 0 Å². The molecule has 0 radical (unpaired) electrons. The van der Waals surface area contributed by atoms with Crippen LogP contribution in [0.4, 0.5) is 5.69 Å². The van der Waals surface area contributed by atoms with Crippen molar-refractivity contribution >= 4 is 34.8 Å². The Morgan fingerprint density at radius 3 is 2.40 bits per heavy atom. The summed E-state index contributed by atoms with van der Waals surface area (Å²) in [4.78, 5) is 14.7. The van der Waals surface area contributed by atoms with Gasteiger partial charge in [0.25, 0.3) is 5.91 Å². The highest BCUT2D eigenvalue weighted by atomic mass is 35.5. The Morgan fingerprint density at radius 1 is 1.15 bits per heavy atom. The molecule has 106 valence electrons. The Balaban J connectivity index is 2.19. The molecule has 0 saturated carbocycles. The zero-order valence-electron chi connectivity index (χ0n) is 10.8. The number of carbonyl (C=O) groups is 1. The van der Waals surface area contributed by atoms with Crippen LogP contribution in [0.5, 0.6) is 11.5 Å². The van der Waals surface area contributed by atoms with Gasteiger partial charge in [-0.2, -0.15) is 0 Å². The predicted octanol–water partition coefficient (Wildman–Crippen LogP) is 3.59. The van der Waals surface area contributed by atoms with E-state index < -0.39 is 0 Å². The van der Waals surface area contributed by atoms with Crippen molar-refractivity contribution in [1.29, 1.82) is 0 Å². The van der Waals surface area contributed by atoms with Crippen LogP contribution in [-0.2, 0) is 0 Å². The van der Waals surface area contributed by atoms with E-state index >= 15 is 0 Å². The van der Waals surface area contributed by atoms with Gasteiger partial charge in [0, 0.05) is 11.8 Å². The summed E-state index contributed by atoms with van der Waals surface area (Å²) in [6.07, 6.45) is 0. The smallest absolute Gasteiger partial charge is 0.272 e. The molecule has 0 aliphatic heterocycles. The maximum atomic E-state index is 12.0. The molecule has 2 aromatic rings. The first-order chi connectivity index (χ1) is 9.55. The molecule has 1 heterocycles. The minimum Gasteiger partial charge on any atom is -0.493 e. The lowest BCUT2D eigenvalue weighted by molar-refractivity contribution is 0.102. The van der Waals surface area contributed by atoms with Crippen molar-refractivity contribution in [1.82, 2.24) is 4.98 Å². The number of aromatic amines is 1. The Labute approximate surface area is 125 Å². The van der Waals surface area contributed by atoms with Gasteiger partial charge < -0.3 is 19.8 Å². The van der Waals surface area contributed by atoms with E-state index in [9.17, 15) is 4.79 Å². The molecular weight excluding hydrogens is 303 g/mol. The lowest BCUT2D eigenvalue weighted by Gasteiger charge is -2.10. The summed E-state index contributed by atoms with van der Waals surface area (Å²) in [5.41, 5.74) is 0.837. The quantitative estimate of drug-likeness (QED) is 0.906. The minimum absolute atomic E-state index is 0.226. The molecule has 2 rings (SSSR count). The molecule has 7 heteroatoms. The summed E-state index contributed by atoms with van der Waals surface area (Å²) in [5.74, 6) is 0.746. The number of ether oxygens (including phenoxy) is 2. The Morgan fingerprint density at radius 2 is 1.85 bits per heavy atom. The molecule has 1 aromatic carbocycles. The van der Waals surface area contributed by atoms with Crippen LogP contribution < -0.4 is 14.8 Å². The number of rotatable bonds is 4. The van der Waals surface area contributed by atoms with Crippen molar-refractivity contribution in [3.8, 4) is 11.5 Å². The molecule has 0 aliphatic carbocycles. The third-order valence-corrected chi connectivity index (χ3v) is 3.30. The second-order valence-electron chi connectivity index (χ2n) is 3.87. The van der Waals surface area contributed by atoms with Crippen molar-refractivity contribution in [3.05, 3.63) is 40.1 Å². The van der Waals surface area contributed by atoms with Crippen LogP contribution >= 0.6 is 23.2 Å². The summed E-state index contributed by atoms with van der Waals surface area (Å²) < 4.78 is 10.3. The van der Waals surface area contributed by atoms with E-state index in [-0.39, 0.29) is 16.8 Å². The molecule has 0 fully saturated rings. The van der Waals surface area contributed by atoms with Crippen LogP contribution in [0.1, 0.15) is 10.5 Å². The lowest BCUT2D eigenvalue weighted by Crippen LogP contribution is -2.12. The molecule has 2 N–H and O–H groups in total. The third kappa shape index (κ3) is 3.00. The van der Waals surface area contributed by atoms with Crippen LogP contribution in [0.3, 0.4) is 0 Å². The molecule has 5 nitrogen and oxygen atoms in total. The predicted molar refractivity (Wildman–Crippen MR) is 78.3 cm³/mol. The van der Waals surface area contributed by atoms with Gasteiger partial charge in [0.1, 0.15) is 10.8 Å². The van der Waals surface area contributed by atoms with Gasteiger partial charge in [0.05, 0.1) is 19.2 Å². The fraction of sp³-hybridized carbons (Fsp3) is 0.154. The molecule has 1 aromatic heterocycles.